The molecule has 1 saturated heterocycles. The summed E-state index contributed by atoms with van der Waals surface area (Å²) in [6, 6.07) is 0. The average Bonchev–Trinajstić information content (AvgIpc) is 2.60. The van der Waals surface area contributed by atoms with Crippen LogP contribution in [-0.4, -0.2) is 57.4 Å². The fourth-order valence-electron chi connectivity index (χ4n) is 7.25. The molecule has 0 spiro atoms. The Morgan fingerprint density at radius 2 is 1.71 bits per heavy atom. The van der Waals surface area contributed by atoms with Crippen LogP contribution in [0.25, 0.3) is 0 Å². The van der Waals surface area contributed by atoms with Gasteiger partial charge in [-0.3, -0.25) is 9.59 Å². The number of aliphatic hydroxyl groups is 3. The molecule has 0 aromatic carbocycles. The molecule has 6 nitrogen and oxygen atoms in total. The third-order valence-corrected chi connectivity index (χ3v) is 9.10. The molecule has 156 valence electrons. The fraction of sp³-hybridized carbons (Fsp3) is 0.818. The molecule has 0 amide bonds. The van der Waals surface area contributed by atoms with E-state index in [0.717, 1.165) is 0 Å². The molecule has 6 heteroatoms. The molecule has 2 bridgehead atoms. The Morgan fingerprint density at radius 3 is 2.25 bits per heavy atom. The number of carbonyl (C=O) groups excluding carboxylic acids is 2. The van der Waals surface area contributed by atoms with Crippen LogP contribution in [-0.2, 0) is 14.3 Å². The number of hydrogen-bond acceptors (Lipinski definition) is 6. The second-order valence-electron chi connectivity index (χ2n) is 10.6. The van der Waals surface area contributed by atoms with E-state index < -0.39 is 57.5 Å². The van der Waals surface area contributed by atoms with Crippen LogP contribution in [0.1, 0.15) is 54.4 Å². The molecule has 3 N–H and O–H groups in total. The quantitative estimate of drug-likeness (QED) is 0.539. The Labute approximate surface area is 166 Å². The van der Waals surface area contributed by atoms with Crippen LogP contribution in [0.5, 0.6) is 0 Å². The van der Waals surface area contributed by atoms with Gasteiger partial charge in [0.1, 0.15) is 0 Å². The Bertz CT molecular complexity index is 799. The third kappa shape index (κ3) is 1.98. The summed E-state index contributed by atoms with van der Waals surface area (Å²) in [4.78, 5) is 27.1. The van der Waals surface area contributed by atoms with Crippen LogP contribution in [0.15, 0.2) is 11.1 Å². The summed E-state index contributed by atoms with van der Waals surface area (Å²) in [7, 11) is 0. The molecule has 1 heterocycles. The van der Waals surface area contributed by atoms with Crippen molar-refractivity contribution in [1.29, 1.82) is 0 Å². The van der Waals surface area contributed by atoms with Gasteiger partial charge in [-0.1, -0.05) is 27.7 Å². The summed E-state index contributed by atoms with van der Waals surface area (Å²) in [5.74, 6) is -2.17. The molecule has 0 radical (unpaired) electrons. The number of hydrogen-bond donors (Lipinski definition) is 3. The first-order chi connectivity index (χ1) is 12.7. The Hall–Kier alpha value is -1.08. The van der Waals surface area contributed by atoms with Gasteiger partial charge < -0.3 is 20.1 Å². The van der Waals surface area contributed by atoms with Gasteiger partial charge in [0, 0.05) is 29.2 Å². The molecule has 4 rings (SSSR count). The number of rotatable bonds is 0. The van der Waals surface area contributed by atoms with E-state index in [9.17, 15) is 24.9 Å². The predicted molar refractivity (Wildman–Crippen MR) is 101 cm³/mol. The lowest BCUT2D eigenvalue weighted by Crippen LogP contribution is -2.74. The van der Waals surface area contributed by atoms with Crippen molar-refractivity contribution in [2.75, 3.05) is 6.61 Å². The monoisotopic (exact) mass is 392 g/mol. The maximum atomic E-state index is 13.6. The second-order valence-corrected chi connectivity index (χ2v) is 10.6. The van der Waals surface area contributed by atoms with E-state index in [1.54, 1.807) is 27.7 Å². The predicted octanol–water partition coefficient (Wildman–Crippen LogP) is 1.40. The molecule has 0 aromatic heterocycles. The van der Waals surface area contributed by atoms with E-state index in [1.165, 1.54) is 0 Å². The lowest BCUT2D eigenvalue weighted by molar-refractivity contribution is -0.299. The van der Waals surface area contributed by atoms with Crippen LogP contribution < -0.4 is 0 Å². The molecule has 3 fully saturated rings. The largest absolute Gasteiger partial charge is 0.392 e. The highest BCUT2D eigenvalue weighted by molar-refractivity contribution is 6.46. The summed E-state index contributed by atoms with van der Waals surface area (Å²) in [6.45, 7) is 11.3. The van der Waals surface area contributed by atoms with Crippen LogP contribution in [0.3, 0.4) is 0 Å². The molecular formula is C22H32O6. The van der Waals surface area contributed by atoms with E-state index in [-0.39, 0.29) is 18.1 Å². The highest BCUT2D eigenvalue weighted by atomic mass is 16.5. The van der Waals surface area contributed by atoms with E-state index in [0.29, 0.717) is 18.6 Å². The minimum Gasteiger partial charge on any atom is -0.392 e. The highest BCUT2D eigenvalue weighted by Crippen LogP contribution is 2.66. The summed E-state index contributed by atoms with van der Waals surface area (Å²) < 4.78 is 5.72. The Morgan fingerprint density at radius 1 is 1.11 bits per heavy atom. The number of Topliss-reactive ketones (excluding diaryl/α,β-unsaturated/α-hetero) is 2. The van der Waals surface area contributed by atoms with E-state index >= 15 is 0 Å². The lowest BCUT2D eigenvalue weighted by atomic mass is 9.41. The zero-order valence-corrected chi connectivity index (χ0v) is 17.6. The van der Waals surface area contributed by atoms with Gasteiger partial charge in [0.15, 0.2) is 0 Å². The molecule has 3 aliphatic carbocycles. The zero-order valence-electron chi connectivity index (χ0n) is 17.6. The number of carbonyl (C=O) groups is 2. The summed E-state index contributed by atoms with van der Waals surface area (Å²) in [6.07, 6.45) is -1.81. The van der Waals surface area contributed by atoms with Gasteiger partial charge in [-0.15, -0.1) is 0 Å². The van der Waals surface area contributed by atoms with Gasteiger partial charge in [-0.05, 0) is 31.3 Å². The first-order valence-electron chi connectivity index (χ1n) is 10.2. The maximum Gasteiger partial charge on any atom is 0.225 e. The van der Waals surface area contributed by atoms with Crippen molar-refractivity contribution in [2.24, 2.45) is 28.1 Å². The number of ether oxygens (including phenoxy) is 1. The molecule has 0 aromatic rings. The number of fused-ring (bicyclic) bond motifs is 5. The minimum absolute atomic E-state index is 0.0995. The minimum atomic E-state index is -1.40. The van der Waals surface area contributed by atoms with Crippen molar-refractivity contribution in [3.8, 4) is 0 Å². The Balaban J connectivity index is 2.03. The fourth-order valence-corrected chi connectivity index (χ4v) is 7.25. The molecule has 8 atom stereocenters. The molecule has 4 aliphatic rings. The van der Waals surface area contributed by atoms with Gasteiger partial charge in [0.25, 0.3) is 0 Å². The lowest BCUT2D eigenvalue weighted by Gasteiger charge is -2.67. The van der Waals surface area contributed by atoms with Crippen molar-refractivity contribution in [1.82, 2.24) is 0 Å². The van der Waals surface area contributed by atoms with E-state index in [1.807, 2.05) is 13.8 Å². The van der Waals surface area contributed by atoms with Crippen molar-refractivity contribution in [3.63, 3.8) is 0 Å². The van der Waals surface area contributed by atoms with E-state index in [2.05, 4.69) is 0 Å². The van der Waals surface area contributed by atoms with Crippen LogP contribution in [0, 0.1) is 28.1 Å². The molecule has 2 saturated carbocycles. The highest BCUT2D eigenvalue weighted by Gasteiger charge is 2.72. The summed E-state index contributed by atoms with van der Waals surface area (Å²) in [5, 5.41) is 33.7. The molecule has 0 unspecified atom stereocenters. The van der Waals surface area contributed by atoms with Gasteiger partial charge in [-0.2, -0.15) is 0 Å². The van der Waals surface area contributed by atoms with Crippen molar-refractivity contribution < 1.29 is 29.6 Å². The first kappa shape index (κ1) is 20.2. The first-order valence-corrected chi connectivity index (χ1v) is 10.2. The molecular weight excluding hydrogens is 360 g/mol. The van der Waals surface area contributed by atoms with E-state index in [4.69, 9.17) is 4.74 Å². The summed E-state index contributed by atoms with van der Waals surface area (Å²) >= 11 is 0. The SMILES string of the molecule is CC1=C2C(=O)C(=O)[C@@]3(C)[C@H]([C@H](C)[C@](O)(C[C@@H]1O)C2(C)C)[C@]1(C)CO[C@@H]1C[C@@H]3O. The molecule has 1 aliphatic heterocycles. The smallest absolute Gasteiger partial charge is 0.225 e. The van der Waals surface area contributed by atoms with Gasteiger partial charge in [0.2, 0.25) is 11.6 Å². The number of ketones is 2. The van der Waals surface area contributed by atoms with Gasteiger partial charge in [-0.25, -0.2) is 0 Å². The van der Waals surface area contributed by atoms with Crippen LogP contribution in [0.2, 0.25) is 0 Å². The standard InChI is InChI=1S/C22H32O6/c1-10-12(23)8-22(27)11(2)17-20(5)9-28-14(20)7-13(24)21(17,6)18(26)16(25)15(10)19(22,3)4/h11-14,17,23-24,27H,7-9H2,1-6H3/t11-,12-,13-,14+,17+,20+,21+,22+/m0/s1. The summed E-state index contributed by atoms with van der Waals surface area (Å²) in [5.41, 5.74) is -3.47. The van der Waals surface area contributed by atoms with Crippen molar-refractivity contribution >= 4 is 11.6 Å². The normalized spacial score (nSPS) is 53.0. The van der Waals surface area contributed by atoms with Gasteiger partial charge in [0.05, 0.1) is 35.9 Å². The Kier molecular flexibility index (Phi) is 3.99. The molecule has 28 heavy (non-hydrogen) atoms. The topological polar surface area (TPSA) is 104 Å². The van der Waals surface area contributed by atoms with Crippen LogP contribution in [0.4, 0.5) is 0 Å². The second kappa shape index (κ2) is 5.54. The van der Waals surface area contributed by atoms with Gasteiger partial charge >= 0.3 is 0 Å². The third-order valence-electron chi connectivity index (χ3n) is 9.10. The average molecular weight is 392 g/mol. The van der Waals surface area contributed by atoms with Crippen molar-refractivity contribution in [3.05, 3.63) is 11.1 Å². The number of aliphatic hydroxyl groups excluding tert-OH is 2. The maximum absolute atomic E-state index is 13.6. The zero-order chi connectivity index (χ0) is 21.0. The van der Waals surface area contributed by atoms with Crippen molar-refractivity contribution in [2.45, 2.75) is 78.3 Å². The van der Waals surface area contributed by atoms with Crippen LogP contribution >= 0.6 is 0 Å².